The summed E-state index contributed by atoms with van der Waals surface area (Å²) in [6.45, 7) is 4.39. The number of unbranched alkanes of at least 4 members (excludes halogenated alkanes) is 1. The van der Waals surface area contributed by atoms with Crippen molar-refractivity contribution in [2.24, 2.45) is 0 Å². The van der Waals surface area contributed by atoms with Gasteiger partial charge in [0.15, 0.2) is 0 Å². The Morgan fingerprint density at radius 3 is 1.38 bits per heavy atom. The van der Waals surface area contributed by atoms with Gasteiger partial charge in [0, 0.05) is 54.9 Å². The van der Waals surface area contributed by atoms with E-state index in [0.29, 0.717) is 23.8 Å². The Kier molecular flexibility index (Phi) is 7.51. The van der Waals surface area contributed by atoms with E-state index in [0.717, 1.165) is 32.5 Å². The Morgan fingerprint density at radius 2 is 0.966 bits per heavy atom. The predicted molar refractivity (Wildman–Crippen MR) is 118 cm³/mol. The van der Waals surface area contributed by atoms with Crippen LogP contribution in [0.5, 0.6) is 0 Å². The fraction of sp³-hybridized carbons (Fsp3) is 0.647. The molecule has 12 heteroatoms. The van der Waals surface area contributed by atoms with Crippen molar-refractivity contribution in [3.63, 3.8) is 0 Å². The van der Waals surface area contributed by atoms with Crippen LogP contribution in [0.2, 0.25) is 0 Å². The molecule has 0 fully saturated rings. The molecule has 0 atom stereocenters. The quantitative estimate of drug-likeness (QED) is 0.518. The zero-order chi connectivity index (χ0) is 21.6. The van der Waals surface area contributed by atoms with Crippen molar-refractivity contribution in [1.82, 2.24) is 29.9 Å². The van der Waals surface area contributed by atoms with Crippen LogP contribution < -0.4 is 31.1 Å². The monoisotopic (exact) mass is 404 g/mol. The molecule has 0 saturated carbocycles. The summed E-state index contributed by atoms with van der Waals surface area (Å²) in [6.07, 6.45) is 1.87. The molecule has 2 heterocycles. The lowest BCUT2D eigenvalue weighted by atomic mass is 10.3. The van der Waals surface area contributed by atoms with Gasteiger partial charge in [0.25, 0.3) is 0 Å². The van der Waals surface area contributed by atoms with E-state index in [2.05, 4.69) is 29.9 Å². The number of nitrogens with two attached hydrogens (primary N) is 2. The number of nitrogen functional groups attached to an aromatic ring is 2. The molecule has 0 unspecified atom stereocenters. The van der Waals surface area contributed by atoms with E-state index in [1.54, 1.807) is 4.90 Å². The van der Waals surface area contributed by atoms with Gasteiger partial charge in [-0.05, 0) is 19.8 Å². The molecule has 2 aromatic heterocycles. The van der Waals surface area contributed by atoms with Crippen molar-refractivity contribution in [2.45, 2.75) is 19.8 Å². The second kappa shape index (κ2) is 9.85. The van der Waals surface area contributed by atoms with E-state index in [1.165, 1.54) is 0 Å². The van der Waals surface area contributed by atoms with Crippen LogP contribution in [0.1, 0.15) is 19.8 Å². The van der Waals surface area contributed by atoms with Crippen molar-refractivity contribution >= 4 is 35.7 Å². The highest BCUT2D eigenvalue weighted by molar-refractivity contribution is 5.43. The molecule has 0 bridgehead atoms. The van der Waals surface area contributed by atoms with E-state index in [1.807, 2.05) is 56.9 Å². The first-order valence-corrected chi connectivity index (χ1v) is 9.55. The first-order valence-electron chi connectivity index (χ1n) is 9.55. The molecule has 12 nitrogen and oxygen atoms in total. The van der Waals surface area contributed by atoms with Crippen molar-refractivity contribution in [3.05, 3.63) is 0 Å². The summed E-state index contributed by atoms with van der Waals surface area (Å²) in [7, 11) is 9.55. The molecule has 0 saturated heterocycles. The van der Waals surface area contributed by atoms with Gasteiger partial charge in [-0.15, -0.1) is 0 Å². The number of hydrogen-bond donors (Lipinski definition) is 2. The van der Waals surface area contributed by atoms with E-state index in [9.17, 15) is 0 Å². The topological polar surface area (TPSA) is 142 Å². The third-order valence-corrected chi connectivity index (χ3v) is 4.39. The number of nitrogens with zero attached hydrogens (tertiary/aromatic N) is 10. The number of hydrogen-bond acceptors (Lipinski definition) is 12. The van der Waals surface area contributed by atoms with Crippen LogP contribution in [0.15, 0.2) is 0 Å². The van der Waals surface area contributed by atoms with Gasteiger partial charge in [0.2, 0.25) is 35.7 Å². The molecule has 0 spiro atoms. The maximum atomic E-state index is 5.84. The maximum absolute atomic E-state index is 5.84. The van der Waals surface area contributed by atoms with Gasteiger partial charge in [-0.1, -0.05) is 0 Å². The molecule has 4 N–H and O–H groups in total. The van der Waals surface area contributed by atoms with E-state index < -0.39 is 0 Å². The smallest absolute Gasteiger partial charge is 0.231 e. The molecule has 29 heavy (non-hydrogen) atoms. The van der Waals surface area contributed by atoms with Crippen molar-refractivity contribution < 1.29 is 0 Å². The number of anilines is 6. The zero-order valence-electron chi connectivity index (χ0n) is 18.2. The average molecular weight is 405 g/mol. The molecule has 160 valence electrons. The highest BCUT2D eigenvalue weighted by atomic mass is 15.3. The van der Waals surface area contributed by atoms with Gasteiger partial charge < -0.3 is 31.1 Å². The Morgan fingerprint density at radius 1 is 0.586 bits per heavy atom. The normalized spacial score (nSPS) is 10.7. The van der Waals surface area contributed by atoms with Crippen LogP contribution >= 0.6 is 0 Å². The number of aromatic nitrogens is 6. The second-order valence-electron chi connectivity index (χ2n) is 7.05. The van der Waals surface area contributed by atoms with Crippen LogP contribution in [0.3, 0.4) is 0 Å². The summed E-state index contributed by atoms with van der Waals surface area (Å²) in [4.78, 5) is 33.4. The van der Waals surface area contributed by atoms with Gasteiger partial charge in [-0.2, -0.15) is 29.9 Å². The van der Waals surface area contributed by atoms with Crippen LogP contribution in [-0.2, 0) is 0 Å². The SMILES string of the molecule is CCN(C)c1nc(N)nc(N(C)CCCCN(C)c2nc(N)nc(N(C)C)n2)n1. The van der Waals surface area contributed by atoms with Crippen molar-refractivity contribution in [1.29, 1.82) is 0 Å². The Balaban J connectivity index is 1.90. The molecule has 0 amide bonds. The first-order chi connectivity index (χ1) is 13.7. The lowest BCUT2D eigenvalue weighted by Gasteiger charge is -2.21. The average Bonchev–Trinajstić information content (AvgIpc) is 2.69. The van der Waals surface area contributed by atoms with Crippen LogP contribution in [-0.4, -0.2) is 84.8 Å². The van der Waals surface area contributed by atoms with Gasteiger partial charge in [-0.3, -0.25) is 0 Å². The summed E-state index contributed by atoms with van der Waals surface area (Å²) < 4.78 is 0. The van der Waals surface area contributed by atoms with E-state index in [4.69, 9.17) is 11.5 Å². The Labute approximate surface area is 172 Å². The minimum absolute atomic E-state index is 0.213. The highest BCUT2D eigenvalue weighted by Gasteiger charge is 2.13. The Hall–Kier alpha value is -3.18. The maximum Gasteiger partial charge on any atom is 0.231 e. The van der Waals surface area contributed by atoms with E-state index >= 15 is 0 Å². The Bertz CT molecular complexity index is 796. The molecule has 2 rings (SSSR count). The molecule has 0 aliphatic heterocycles. The summed E-state index contributed by atoms with van der Waals surface area (Å²) in [6, 6.07) is 0. The van der Waals surface area contributed by atoms with Crippen molar-refractivity contribution in [2.75, 3.05) is 85.9 Å². The molecular formula is C17H32N12. The summed E-state index contributed by atoms with van der Waals surface area (Å²) in [5.74, 6) is 2.69. The third kappa shape index (κ3) is 6.16. The lowest BCUT2D eigenvalue weighted by Crippen LogP contribution is -2.27. The molecular weight excluding hydrogens is 372 g/mol. The fourth-order valence-electron chi connectivity index (χ4n) is 2.49. The lowest BCUT2D eigenvalue weighted by molar-refractivity contribution is 0.689. The summed E-state index contributed by atoms with van der Waals surface area (Å²) in [5, 5.41) is 0. The zero-order valence-corrected chi connectivity index (χ0v) is 18.2. The molecule has 0 radical (unpaired) electrons. The van der Waals surface area contributed by atoms with E-state index in [-0.39, 0.29) is 11.9 Å². The molecule has 0 aromatic carbocycles. The molecule has 2 aromatic rings. The van der Waals surface area contributed by atoms with Crippen LogP contribution in [0, 0.1) is 0 Å². The largest absolute Gasteiger partial charge is 0.368 e. The van der Waals surface area contributed by atoms with Crippen LogP contribution in [0.25, 0.3) is 0 Å². The predicted octanol–water partition coefficient (Wildman–Crippen LogP) is 0.0959. The first kappa shape index (κ1) is 22.1. The third-order valence-electron chi connectivity index (χ3n) is 4.39. The second-order valence-corrected chi connectivity index (χ2v) is 7.05. The van der Waals surface area contributed by atoms with Gasteiger partial charge in [0.05, 0.1) is 0 Å². The molecule has 0 aliphatic carbocycles. The van der Waals surface area contributed by atoms with Gasteiger partial charge in [-0.25, -0.2) is 0 Å². The summed E-state index contributed by atoms with van der Waals surface area (Å²) >= 11 is 0. The van der Waals surface area contributed by atoms with Crippen molar-refractivity contribution in [3.8, 4) is 0 Å². The van der Waals surface area contributed by atoms with Gasteiger partial charge >= 0.3 is 0 Å². The molecule has 0 aliphatic rings. The van der Waals surface area contributed by atoms with Gasteiger partial charge in [0.1, 0.15) is 0 Å². The minimum atomic E-state index is 0.213. The fourth-order valence-corrected chi connectivity index (χ4v) is 2.49. The highest BCUT2D eigenvalue weighted by Crippen LogP contribution is 2.15. The number of rotatable bonds is 10. The van der Waals surface area contributed by atoms with Crippen LogP contribution in [0.4, 0.5) is 35.7 Å². The minimum Gasteiger partial charge on any atom is -0.368 e. The standard InChI is InChI=1S/C17H32N12/c1-7-27(4)15-21-13(19)23-17(25-15)29(6)11-9-8-10-28(5)16-22-12(18)20-14(24-16)26(2)3/h7-11H2,1-6H3,(H2,18,20,22,24)(H2,19,21,23,25). The summed E-state index contributed by atoms with van der Waals surface area (Å²) in [5.41, 5.74) is 11.6.